The van der Waals surface area contributed by atoms with Gasteiger partial charge in [-0.3, -0.25) is 0 Å². The van der Waals surface area contributed by atoms with E-state index in [-0.39, 0.29) is 4.90 Å². The van der Waals surface area contributed by atoms with Gasteiger partial charge in [-0.05, 0) is 0 Å². The summed E-state index contributed by atoms with van der Waals surface area (Å²) in [4.78, 5) is 0.149. The second-order valence-corrected chi connectivity index (χ2v) is 21.8. The molecule has 0 fully saturated rings. The van der Waals surface area contributed by atoms with Crippen LogP contribution in [0.2, 0.25) is 0 Å². The Morgan fingerprint density at radius 2 is 1.62 bits per heavy atom. The molecule has 1 rings (SSSR count). The monoisotopic (exact) mass is 344 g/mol. The van der Waals surface area contributed by atoms with Crippen LogP contribution in [-0.2, 0) is 15.2 Å². The van der Waals surface area contributed by atoms with Gasteiger partial charge < -0.3 is 0 Å². The molecule has 0 saturated heterocycles. The van der Waals surface area contributed by atoms with Crippen molar-refractivity contribution in [2.24, 2.45) is 0 Å². The standard InChI is InChI=1S/C10H15BrClO2PS/c1-15(2,3,11)8-9-4-6-10(7-5-9)16(12,13)14/h4-7H,8H2,1-3H3. The van der Waals surface area contributed by atoms with Crippen molar-refractivity contribution in [2.45, 2.75) is 11.1 Å². The third kappa shape index (κ3) is 5.13. The number of halogens is 2. The van der Waals surface area contributed by atoms with Crippen molar-refractivity contribution in [2.75, 3.05) is 20.0 Å². The normalized spacial score (nSPS) is 15.4. The van der Waals surface area contributed by atoms with Crippen LogP contribution in [0, 0.1) is 0 Å². The molecule has 0 N–H and O–H groups in total. The number of rotatable bonds is 3. The van der Waals surface area contributed by atoms with E-state index in [9.17, 15) is 8.42 Å². The minimum atomic E-state index is -3.61. The quantitative estimate of drug-likeness (QED) is 0.615. The van der Waals surface area contributed by atoms with E-state index in [2.05, 4.69) is 35.5 Å². The van der Waals surface area contributed by atoms with Gasteiger partial charge in [-0.1, -0.05) is 0 Å². The molecular formula is C10H15BrClO2PS. The van der Waals surface area contributed by atoms with Crippen LogP contribution < -0.4 is 0 Å². The SMILES string of the molecule is CP(C)(C)(Br)Cc1ccc(S(=O)(=O)Cl)cc1. The van der Waals surface area contributed by atoms with E-state index >= 15 is 0 Å². The topological polar surface area (TPSA) is 34.1 Å². The summed E-state index contributed by atoms with van der Waals surface area (Å²) < 4.78 is 22.1. The summed E-state index contributed by atoms with van der Waals surface area (Å²) in [5.41, 5.74) is 1.12. The maximum atomic E-state index is 11.1. The second-order valence-electron chi connectivity index (χ2n) is 5.16. The first-order valence-electron chi connectivity index (χ1n) is 4.69. The van der Waals surface area contributed by atoms with Crippen LogP contribution in [0.15, 0.2) is 29.2 Å². The molecule has 1 aromatic rings. The molecule has 6 heteroatoms. The minimum absolute atomic E-state index is 0.149. The average Bonchev–Trinajstić information content (AvgIpc) is 1.98. The fourth-order valence-corrected chi connectivity index (χ4v) is 4.46. The Balaban J connectivity index is 2.98. The molecule has 0 aliphatic rings. The van der Waals surface area contributed by atoms with Gasteiger partial charge in [0.2, 0.25) is 0 Å². The van der Waals surface area contributed by atoms with Crippen LogP contribution in [0.1, 0.15) is 5.56 Å². The van der Waals surface area contributed by atoms with E-state index < -0.39 is 14.4 Å². The molecule has 0 unspecified atom stereocenters. The Morgan fingerprint density at radius 1 is 1.19 bits per heavy atom. The van der Waals surface area contributed by atoms with Crippen molar-refractivity contribution in [1.82, 2.24) is 0 Å². The van der Waals surface area contributed by atoms with E-state index in [1.54, 1.807) is 12.1 Å². The van der Waals surface area contributed by atoms with E-state index in [4.69, 9.17) is 10.7 Å². The van der Waals surface area contributed by atoms with Crippen LogP contribution >= 0.6 is 31.5 Å². The van der Waals surface area contributed by atoms with Crippen LogP contribution in [0.3, 0.4) is 0 Å². The molecule has 1 aromatic carbocycles. The fraction of sp³-hybridized carbons (Fsp3) is 0.400. The van der Waals surface area contributed by atoms with Crippen LogP contribution in [0.4, 0.5) is 0 Å². The first-order chi connectivity index (χ1) is 6.93. The number of hydrogen-bond acceptors (Lipinski definition) is 2. The van der Waals surface area contributed by atoms with Crippen molar-refractivity contribution < 1.29 is 8.42 Å². The van der Waals surface area contributed by atoms with Crippen molar-refractivity contribution >= 4 is 40.5 Å². The average molecular weight is 346 g/mol. The third-order valence-electron chi connectivity index (χ3n) is 1.92. The summed E-state index contributed by atoms with van der Waals surface area (Å²) in [6, 6.07) is 6.72. The molecule has 92 valence electrons. The third-order valence-corrected chi connectivity index (χ3v) is 5.48. The summed E-state index contributed by atoms with van der Waals surface area (Å²) in [5, 5.41) is -1.79. The molecule has 0 atom stereocenters. The molecular weight excluding hydrogens is 331 g/mol. The first-order valence-corrected chi connectivity index (χ1v) is 12.8. The van der Waals surface area contributed by atoms with Gasteiger partial charge in [0.15, 0.2) is 0 Å². The van der Waals surface area contributed by atoms with Gasteiger partial charge in [-0.2, -0.15) is 0 Å². The van der Waals surface area contributed by atoms with Crippen molar-refractivity contribution in [3.63, 3.8) is 0 Å². The van der Waals surface area contributed by atoms with Gasteiger partial charge in [-0.25, -0.2) is 0 Å². The van der Waals surface area contributed by atoms with Crippen molar-refractivity contribution in [1.29, 1.82) is 0 Å². The van der Waals surface area contributed by atoms with E-state index in [1.165, 1.54) is 0 Å². The fourth-order valence-electron chi connectivity index (χ4n) is 1.37. The Bertz CT molecular complexity index is 479. The summed E-state index contributed by atoms with van der Waals surface area (Å²) in [5.74, 6) is 0. The van der Waals surface area contributed by atoms with Gasteiger partial charge in [-0.15, -0.1) is 0 Å². The van der Waals surface area contributed by atoms with Crippen LogP contribution in [0.5, 0.6) is 0 Å². The molecule has 0 aliphatic heterocycles. The summed E-state index contributed by atoms with van der Waals surface area (Å²) in [6.07, 6.45) is 0.925. The molecule has 0 radical (unpaired) electrons. The molecule has 0 amide bonds. The Labute approximate surface area is 109 Å². The van der Waals surface area contributed by atoms with Crippen LogP contribution in [0.25, 0.3) is 0 Å². The van der Waals surface area contributed by atoms with E-state index in [1.807, 2.05) is 12.1 Å². The molecule has 0 aromatic heterocycles. The zero-order chi connectivity index (χ0) is 12.6. The molecule has 0 spiro atoms. The predicted molar refractivity (Wildman–Crippen MR) is 76.8 cm³/mol. The zero-order valence-electron chi connectivity index (χ0n) is 9.44. The van der Waals surface area contributed by atoms with Gasteiger partial charge in [0.1, 0.15) is 0 Å². The Morgan fingerprint density at radius 3 is 1.94 bits per heavy atom. The molecule has 2 nitrogen and oxygen atoms in total. The molecule has 16 heavy (non-hydrogen) atoms. The second kappa shape index (κ2) is 4.24. The molecule has 0 aliphatic carbocycles. The zero-order valence-corrected chi connectivity index (χ0v) is 13.5. The molecule has 0 saturated carbocycles. The Hall–Kier alpha value is 0.370. The number of benzene rings is 1. The first kappa shape index (κ1) is 14.4. The van der Waals surface area contributed by atoms with E-state index in [0.717, 1.165) is 11.7 Å². The predicted octanol–water partition coefficient (Wildman–Crippen LogP) is 3.87. The van der Waals surface area contributed by atoms with E-state index in [0.29, 0.717) is 0 Å². The summed E-state index contributed by atoms with van der Waals surface area (Å²) >= 11 is 3.76. The Kier molecular flexibility index (Phi) is 3.82. The van der Waals surface area contributed by atoms with Gasteiger partial charge >= 0.3 is 110 Å². The van der Waals surface area contributed by atoms with Crippen molar-refractivity contribution in [3.05, 3.63) is 29.8 Å². The van der Waals surface area contributed by atoms with Gasteiger partial charge in [0.25, 0.3) is 0 Å². The number of hydrogen-bond donors (Lipinski definition) is 0. The van der Waals surface area contributed by atoms with Gasteiger partial charge in [0.05, 0.1) is 0 Å². The summed E-state index contributed by atoms with van der Waals surface area (Å²) in [7, 11) is 1.64. The molecule has 0 bridgehead atoms. The van der Waals surface area contributed by atoms with Crippen LogP contribution in [-0.4, -0.2) is 28.4 Å². The molecule has 0 heterocycles. The van der Waals surface area contributed by atoms with Gasteiger partial charge in [0, 0.05) is 0 Å². The maximum absolute atomic E-state index is 11.1. The summed E-state index contributed by atoms with van der Waals surface area (Å²) in [6.45, 7) is 6.62. The van der Waals surface area contributed by atoms with Crippen molar-refractivity contribution in [3.8, 4) is 0 Å².